The molecule has 0 heterocycles. The molecule has 0 rings (SSSR count). The van der Waals surface area contributed by atoms with Crippen LogP contribution in [0.3, 0.4) is 0 Å². The van der Waals surface area contributed by atoms with Crippen LogP contribution in [0, 0.1) is 6.93 Å². The maximum atomic E-state index is 9.50. The summed E-state index contributed by atoms with van der Waals surface area (Å²) >= 11 is 0. The molecule has 4 heavy (non-hydrogen) atoms. The van der Waals surface area contributed by atoms with Gasteiger partial charge in [0.25, 0.3) is 0 Å². The smallest absolute Gasteiger partial charge is 0.425 e. The molecule has 0 nitrogen and oxygen atoms in total. The summed E-state index contributed by atoms with van der Waals surface area (Å²) in [5, 5.41) is 0. The first-order chi connectivity index (χ1) is 1.41. The fourth-order valence-corrected chi connectivity index (χ4v) is 0. The molecule has 0 aromatic carbocycles. The molecular weight excluding hydrogens is 56.9 g/mol. The number of hydrogen-bond donors (Lipinski definition) is 0. The van der Waals surface area contributed by atoms with Crippen LogP contribution < -0.4 is 18.9 Å². The summed E-state index contributed by atoms with van der Waals surface area (Å²) in [4.78, 5) is 0. The average Bonchev–Trinajstić information content (AvgIpc) is 0.918. The van der Waals surface area contributed by atoms with Crippen molar-refractivity contribution in [2.45, 2.75) is 0 Å². The van der Waals surface area contributed by atoms with Crippen molar-refractivity contribution < 1.29 is 27.6 Å². The topological polar surface area (TPSA) is 0 Å². The van der Waals surface area contributed by atoms with Crippen molar-refractivity contribution in [3.8, 4) is 0 Å². The summed E-state index contributed by atoms with van der Waals surface area (Å²) < 4.78 is 19.0. The van der Waals surface area contributed by atoms with E-state index in [0.29, 0.717) is 0 Å². The largest absolute Gasteiger partial charge is 1.00 e. The zero-order chi connectivity index (χ0) is 2.71. The van der Waals surface area contributed by atoms with Crippen LogP contribution in [-0.2, 0) is 0 Å². The maximum Gasteiger partial charge on any atom is 1.00 e. The molecule has 3 heteroatoms. The monoisotopic (exact) mass is 58.0 g/mol. The summed E-state index contributed by atoms with van der Waals surface area (Å²) in [6.07, 6.45) is 0. The molecule has 0 aliphatic rings. The van der Waals surface area contributed by atoms with Gasteiger partial charge in [-0.15, -0.1) is 0 Å². The van der Waals surface area contributed by atoms with E-state index in [1.54, 1.807) is 0 Å². The maximum absolute atomic E-state index is 9.50. The van der Waals surface area contributed by atoms with E-state index in [2.05, 4.69) is 0 Å². The van der Waals surface area contributed by atoms with Gasteiger partial charge < -0.3 is 8.78 Å². The number of rotatable bonds is 0. The van der Waals surface area contributed by atoms with E-state index < -0.39 is 6.93 Å². The molecule has 0 spiro atoms. The Kier molecular flexibility index (Phi) is 21.7. The fraction of sp³-hybridized carbons (Fsp3) is 0. The van der Waals surface area contributed by atoms with Crippen molar-refractivity contribution in [1.82, 2.24) is 0 Å². The number of halogens is 2. The van der Waals surface area contributed by atoms with Crippen LogP contribution >= 0.6 is 0 Å². The van der Waals surface area contributed by atoms with E-state index in [4.69, 9.17) is 0 Å². The van der Waals surface area contributed by atoms with E-state index in [-0.39, 0.29) is 18.9 Å². The third-order valence-electron chi connectivity index (χ3n) is 0. The first-order valence-corrected chi connectivity index (χ1v) is 0.436. The molecule has 0 N–H and O–H groups in total. The molecular formula is CHF2Li. The van der Waals surface area contributed by atoms with Crippen LogP contribution in [0.15, 0.2) is 0 Å². The predicted octanol–water partition coefficient (Wildman–Crippen LogP) is -1.95. The first kappa shape index (κ1) is 8.82. The summed E-state index contributed by atoms with van der Waals surface area (Å²) in [6, 6.07) is 0. The Labute approximate surface area is 35.4 Å². The Morgan fingerprint density at radius 1 is 1.25 bits per heavy atom. The van der Waals surface area contributed by atoms with Gasteiger partial charge in [-0.3, -0.25) is 0 Å². The van der Waals surface area contributed by atoms with Crippen LogP contribution in [0.5, 0.6) is 0 Å². The quantitative estimate of drug-likeness (QED) is 0.224. The van der Waals surface area contributed by atoms with Gasteiger partial charge in [0.1, 0.15) is 0 Å². The molecule has 0 saturated heterocycles. The van der Waals surface area contributed by atoms with Crippen molar-refractivity contribution in [3.63, 3.8) is 0 Å². The van der Waals surface area contributed by atoms with E-state index in [0.717, 1.165) is 0 Å². The molecule has 0 aromatic heterocycles. The van der Waals surface area contributed by atoms with E-state index in [9.17, 15) is 8.78 Å². The molecule has 0 bridgehead atoms. The fourth-order valence-electron chi connectivity index (χ4n) is 0. The van der Waals surface area contributed by atoms with Gasteiger partial charge in [-0.25, -0.2) is 0 Å². The zero-order valence-corrected chi connectivity index (χ0v) is 2.33. The molecule has 0 fully saturated rings. The summed E-state index contributed by atoms with van der Waals surface area (Å²) in [7, 11) is 0. The van der Waals surface area contributed by atoms with Crippen LogP contribution in [0.1, 0.15) is 0 Å². The molecule has 0 atom stereocenters. The van der Waals surface area contributed by atoms with Gasteiger partial charge in [0.15, 0.2) is 0 Å². The van der Waals surface area contributed by atoms with Crippen molar-refractivity contribution in [2.75, 3.05) is 0 Å². The molecule has 20 valence electrons. The van der Waals surface area contributed by atoms with Crippen LogP contribution in [0.25, 0.3) is 0 Å². The Hall–Kier alpha value is 0.457. The van der Waals surface area contributed by atoms with E-state index >= 15 is 0 Å². The van der Waals surface area contributed by atoms with Crippen LogP contribution in [0.4, 0.5) is 8.78 Å². The van der Waals surface area contributed by atoms with Gasteiger partial charge in [0.2, 0.25) is 0 Å². The predicted molar refractivity (Wildman–Crippen MR) is 6.52 cm³/mol. The molecule has 0 unspecified atom stereocenters. The molecule has 0 aliphatic heterocycles. The first-order valence-electron chi connectivity index (χ1n) is 0.436. The molecule has 0 amide bonds. The van der Waals surface area contributed by atoms with Gasteiger partial charge in [-0.05, 0) is 6.93 Å². The van der Waals surface area contributed by atoms with Crippen LogP contribution in [0.2, 0.25) is 0 Å². The zero-order valence-electron chi connectivity index (χ0n) is 2.33. The second kappa shape index (κ2) is 9.83. The Morgan fingerprint density at radius 2 is 1.25 bits per heavy atom. The molecule has 0 aromatic rings. The van der Waals surface area contributed by atoms with Crippen molar-refractivity contribution in [1.29, 1.82) is 0 Å². The molecule has 0 saturated carbocycles. The number of hydrogen-bond acceptors (Lipinski definition) is 0. The van der Waals surface area contributed by atoms with Crippen LogP contribution in [-0.4, -0.2) is 0 Å². The molecule has 0 radical (unpaired) electrons. The Bertz CT molecular complexity index is 6.00. The van der Waals surface area contributed by atoms with Crippen molar-refractivity contribution >= 4 is 0 Å². The average molecular weight is 58.0 g/mol. The third-order valence-corrected chi connectivity index (χ3v) is 0. The third kappa shape index (κ3) is 24.9. The summed E-state index contributed by atoms with van der Waals surface area (Å²) in [5.41, 5.74) is 0. The summed E-state index contributed by atoms with van der Waals surface area (Å²) in [5.74, 6) is 0. The van der Waals surface area contributed by atoms with Gasteiger partial charge in [0.05, 0.1) is 0 Å². The van der Waals surface area contributed by atoms with E-state index in [1.807, 2.05) is 0 Å². The normalized spacial score (nSPS) is 4.50. The molecule has 0 aliphatic carbocycles. The van der Waals surface area contributed by atoms with Gasteiger partial charge in [-0.1, -0.05) is 0 Å². The standard InChI is InChI=1S/CHF2.Li/c2-1-3;/h1H;/q-1;+1. The van der Waals surface area contributed by atoms with Crippen molar-refractivity contribution in [3.05, 3.63) is 6.93 Å². The van der Waals surface area contributed by atoms with Gasteiger partial charge in [-0.2, -0.15) is 0 Å². The second-order valence-electron chi connectivity index (χ2n) is 0.0825. The van der Waals surface area contributed by atoms with Gasteiger partial charge in [0, 0.05) is 0 Å². The van der Waals surface area contributed by atoms with E-state index in [1.165, 1.54) is 0 Å². The minimum Gasteiger partial charge on any atom is -0.425 e. The minimum absolute atomic E-state index is 0. The summed E-state index contributed by atoms with van der Waals surface area (Å²) in [6.45, 7) is -1.00. The SMILES string of the molecule is F[CH-]F.[Li+]. The Morgan fingerprint density at radius 3 is 1.25 bits per heavy atom. The second-order valence-corrected chi connectivity index (χ2v) is 0.0825. The minimum atomic E-state index is -1.00. The van der Waals surface area contributed by atoms with Crippen molar-refractivity contribution in [2.24, 2.45) is 0 Å². The van der Waals surface area contributed by atoms with Gasteiger partial charge >= 0.3 is 18.9 Å². The Balaban J connectivity index is 0.